The zero-order valence-corrected chi connectivity index (χ0v) is 11.2. The maximum Gasteiger partial charge on any atom is 0.116 e. The molecule has 0 amide bonds. The number of phenols is 1. The molecule has 1 nitrogen and oxygen atoms in total. The van der Waals surface area contributed by atoms with Crippen LogP contribution in [0.1, 0.15) is 11.1 Å². The minimum atomic E-state index is 0.266. The van der Waals surface area contributed by atoms with Gasteiger partial charge in [0.2, 0.25) is 0 Å². The summed E-state index contributed by atoms with van der Waals surface area (Å²) in [7, 11) is 0. The van der Waals surface area contributed by atoms with Crippen molar-refractivity contribution >= 4 is 39.7 Å². The van der Waals surface area contributed by atoms with E-state index < -0.39 is 0 Å². The first-order valence-corrected chi connectivity index (χ1v) is 6.24. The Hall–Kier alpha value is -1.25. The Kier molecular flexibility index (Phi) is 3.87. The van der Waals surface area contributed by atoms with Crippen LogP contribution in [0.15, 0.2) is 46.9 Å². The number of hydrogen-bond donors (Lipinski definition) is 1. The Morgan fingerprint density at radius 1 is 1.06 bits per heavy atom. The van der Waals surface area contributed by atoms with E-state index in [9.17, 15) is 5.11 Å². The Balaban J connectivity index is 2.26. The fraction of sp³-hybridized carbons (Fsp3) is 0. The molecule has 17 heavy (non-hydrogen) atoms. The summed E-state index contributed by atoms with van der Waals surface area (Å²) < 4.78 is 0.946. The van der Waals surface area contributed by atoms with Crippen LogP contribution >= 0.6 is 27.5 Å². The summed E-state index contributed by atoms with van der Waals surface area (Å²) in [6.45, 7) is 0. The molecule has 0 heterocycles. The van der Waals surface area contributed by atoms with Crippen LogP contribution in [0.25, 0.3) is 12.2 Å². The van der Waals surface area contributed by atoms with Gasteiger partial charge < -0.3 is 5.11 Å². The van der Waals surface area contributed by atoms with Crippen molar-refractivity contribution in [1.82, 2.24) is 0 Å². The van der Waals surface area contributed by atoms with Gasteiger partial charge in [0.15, 0.2) is 0 Å². The summed E-state index contributed by atoms with van der Waals surface area (Å²) >= 11 is 9.32. The van der Waals surface area contributed by atoms with Crippen LogP contribution in [0, 0.1) is 0 Å². The van der Waals surface area contributed by atoms with Crippen LogP contribution in [0.5, 0.6) is 5.75 Å². The smallest absolute Gasteiger partial charge is 0.116 e. The summed E-state index contributed by atoms with van der Waals surface area (Å²) in [5.41, 5.74) is 1.99. The lowest BCUT2D eigenvalue weighted by molar-refractivity contribution is 0.475. The second-order valence-electron chi connectivity index (χ2n) is 3.59. The summed E-state index contributed by atoms with van der Waals surface area (Å²) in [6, 6.07) is 12.7. The number of benzene rings is 2. The van der Waals surface area contributed by atoms with E-state index in [1.165, 1.54) is 0 Å². The molecule has 0 aliphatic heterocycles. The van der Waals surface area contributed by atoms with E-state index in [1.54, 1.807) is 12.1 Å². The summed E-state index contributed by atoms with van der Waals surface area (Å²) in [6.07, 6.45) is 3.91. The van der Waals surface area contributed by atoms with E-state index in [0.717, 1.165) is 15.6 Å². The lowest BCUT2D eigenvalue weighted by Crippen LogP contribution is -1.76. The zero-order valence-electron chi connectivity index (χ0n) is 8.90. The van der Waals surface area contributed by atoms with Crippen molar-refractivity contribution in [3.63, 3.8) is 0 Å². The van der Waals surface area contributed by atoms with Crippen LogP contribution in [-0.4, -0.2) is 5.11 Å². The van der Waals surface area contributed by atoms with Crippen molar-refractivity contribution in [1.29, 1.82) is 0 Å². The van der Waals surface area contributed by atoms with Gasteiger partial charge >= 0.3 is 0 Å². The monoisotopic (exact) mass is 308 g/mol. The Bertz CT molecular complexity index is 564. The number of phenolic OH excluding ortho intramolecular Hbond substituents is 1. The van der Waals surface area contributed by atoms with E-state index >= 15 is 0 Å². The zero-order chi connectivity index (χ0) is 12.3. The third kappa shape index (κ3) is 3.35. The maximum absolute atomic E-state index is 9.34. The number of rotatable bonds is 2. The molecule has 0 saturated heterocycles. The summed E-state index contributed by atoms with van der Waals surface area (Å²) in [5, 5.41) is 10.0. The topological polar surface area (TPSA) is 20.2 Å². The van der Waals surface area contributed by atoms with Crippen molar-refractivity contribution < 1.29 is 5.11 Å². The Labute approximate surface area is 113 Å². The standard InChI is InChI=1S/C14H10BrClO/c15-14-9-12(16)7-6-11(14)5-4-10-2-1-3-13(17)8-10/h1-9,17H. The fourth-order valence-electron chi connectivity index (χ4n) is 1.45. The van der Waals surface area contributed by atoms with Gasteiger partial charge in [0.25, 0.3) is 0 Å². The van der Waals surface area contributed by atoms with E-state index in [4.69, 9.17) is 11.6 Å². The lowest BCUT2D eigenvalue weighted by atomic mass is 10.1. The molecule has 0 radical (unpaired) electrons. The van der Waals surface area contributed by atoms with Gasteiger partial charge in [0.1, 0.15) is 5.75 Å². The molecule has 2 rings (SSSR count). The molecule has 3 heteroatoms. The van der Waals surface area contributed by atoms with Gasteiger partial charge in [-0.2, -0.15) is 0 Å². The molecule has 0 spiro atoms. The second kappa shape index (κ2) is 5.39. The molecular weight excluding hydrogens is 300 g/mol. The molecule has 0 fully saturated rings. The molecule has 0 aromatic heterocycles. The lowest BCUT2D eigenvalue weighted by Gasteiger charge is -1.99. The average Bonchev–Trinajstić information content (AvgIpc) is 2.28. The van der Waals surface area contributed by atoms with Crippen molar-refractivity contribution in [2.75, 3.05) is 0 Å². The van der Waals surface area contributed by atoms with Crippen molar-refractivity contribution in [3.8, 4) is 5.75 Å². The maximum atomic E-state index is 9.34. The Morgan fingerprint density at radius 2 is 1.88 bits per heavy atom. The van der Waals surface area contributed by atoms with Crippen molar-refractivity contribution in [2.45, 2.75) is 0 Å². The van der Waals surface area contributed by atoms with E-state index in [0.29, 0.717) is 5.02 Å². The molecule has 0 unspecified atom stereocenters. The minimum Gasteiger partial charge on any atom is -0.508 e. The van der Waals surface area contributed by atoms with Crippen LogP contribution in [-0.2, 0) is 0 Å². The molecule has 0 atom stereocenters. The molecule has 0 aliphatic rings. The predicted octanol–water partition coefficient (Wildman–Crippen LogP) is 4.98. The SMILES string of the molecule is Oc1cccc(C=Cc2ccc(Cl)cc2Br)c1. The van der Waals surface area contributed by atoms with Gasteiger partial charge in [-0.15, -0.1) is 0 Å². The first-order valence-electron chi connectivity index (χ1n) is 5.07. The molecule has 0 aliphatic carbocycles. The molecule has 2 aromatic carbocycles. The third-order valence-corrected chi connectivity index (χ3v) is 3.21. The summed E-state index contributed by atoms with van der Waals surface area (Å²) in [5.74, 6) is 0.266. The van der Waals surface area contributed by atoms with Crippen LogP contribution in [0.2, 0.25) is 5.02 Å². The molecular formula is C14H10BrClO. The van der Waals surface area contributed by atoms with Crippen molar-refractivity contribution in [2.24, 2.45) is 0 Å². The van der Waals surface area contributed by atoms with Crippen LogP contribution < -0.4 is 0 Å². The van der Waals surface area contributed by atoms with E-state index in [2.05, 4.69) is 15.9 Å². The van der Waals surface area contributed by atoms with Gasteiger partial charge in [0, 0.05) is 9.50 Å². The summed E-state index contributed by atoms with van der Waals surface area (Å²) in [4.78, 5) is 0. The largest absolute Gasteiger partial charge is 0.508 e. The van der Waals surface area contributed by atoms with Gasteiger partial charge in [-0.1, -0.05) is 57.9 Å². The third-order valence-electron chi connectivity index (χ3n) is 2.29. The number of halogens is 2. The first kappa shape index (κ1) is 12.2. The highest BCUT2D eigenvalue weighted by Gasteiger charge is 1.97. The van der Waals surface area contributed by atoms with Crippen LogP contribution in [0.3, 0.4) is 0 Å². The van der Waals surface area contributed by atoms with Gasteiger partial charge in [-0.3, -0.25) is 0 Å². The fourth-order valence-corrected chi connectivity index (χ4v) is 2.27. The van der Waals surface area contributed by atoms with E-state index in [1.807, 2.05) is 42.5 Å². The van der Waals surface area contributed by atoms with Gasteiger partial charge in [0.05, 0.1) is 0 Å². The molecule has 0 bridgehead atoms. The second-order valence-corrected chi connectivity index (χ2v) is 4.88. The molecule has 0 saturated carbocycles. The highest BCUT2D eigenvalue weighted by molar-refractivity contribution is 9.10. The highest BCUT2D eigenvalue weighted by Crippen LogP contribution is 2.23. The minimum absolute atomic E-state index is 0.266. The van der Waals surface area contributed by atoms with E-state index in [-0.39, 0.29) is 5.75 Å². The molecule has 86 valence electrons. The quantitative estimate of drug-likeness (QED) is 0.776. The first-order chi connectivity index (χ1) is 8.15. The normalized spacial score (nSPS) is 10.9. The van der Waals surface area contributed by atoms with Crippen LogP contribution in [0.4, 0.5) is 0 Å². The van der Waals surface area contributed by atoms with Gasteiger partial charge in [-0.05, 0) is 35.4 Å². The number of hydrogen-bond acceptors (Lipinski definition) is 1. The van der Waals surface area contributed by atoms with Crippen molar-refractivity contribution in [3.05, 3.63) is 63.1 Å². The number of aromatic hydroxyl groups is 1. The molecule has 1 N–H and O–H groups in total. The Morgan fingerprint density at radius 3 is 2.59 bits per heavy atom. The molecule has 2 aromatic rings. The average molecular weight is 310 g/mol. The van der Waals surface area contributed by atoms with Gasteiger partial charge in [-0.25, -0.2) is 0 Å². The highest BCUT2D eigenvalue weighted by atomic mass is 79.9. The predicted molar refractivity (Wildman–Crippen MR) is 76.2 cm³/mol.